The summed E-state index contributed by atoms with van der Waals surface area (Å²) < 4.78 is 8.36. The molecule has 0 bridgehead atoms. The quantitative estimate of drug-likeness (QED) is 0.400. The predicted molar refractivity (Wildman–Crippen MR) is 125 cm³/mol. The van der Waals surface area contributed by atoms with Crippen molar-refractivity contribution < 1.29 is 9.53 Å². The van der Waals surface area contributed by atoms with Crippen molar-refractivity contribution in [2.45, 2.75) is 33.2 Å². The number of thiazole rings is 1. The number of hydrogen-bond acceptors (Lipinski definition) is 5. The molecule has 2 aromatic heterocycles. The highest BCUT2D eigenvalue weighted by Crippen LogP contribution is 2.32. The van der Waals surface area contributed by atoms with Crippen LogP contribution in [0, 0.1) is 13.8 Å². The number of nitrogens with zero attached hydrogens (tertiary/aromatic N) is 4. The van der Waals surface area contributed by atoms with Crippen LogP contribution in [0.5, 0.6) is 5.75 Å². The van der Waals surface area contributed by atoms with Gasteiger partial charge in [-0.25, -0.2) is 9.97 Å². The maximum atomic E-state index is 13.3. The van der Waals surface area contributed by atoms with Gasteiger partial charge in [-0.15, -0.1) is 0 Å². The lowest BCUT2D eigenvalue weighted by Gasteiger charge is -2.20. The first-order valence-corrected chi connectivity index (χ1v) is 11.1. The lowest BCUT2D eigenvalue weighted by atomic mass is 10.1. The second-order valence-corrected chi connectivity index (χ2v) is 8.58. The Morgan fingerprint density at radius 2 is 1.97 bits per heavy atom. The van der Waals surface area contributed by atoms with Crippen molar-refractivity contribution in [1.29, 1.82) is 0 Å². The summed E-state index contributed by atoms with van der Waals surface area (Å²) in [5, 5.41) is 0.757. The zero-order valence-corrected chi connectivity index (χ0v) is 18.9. The fraction of sp³-hybridized carbons (Fsp3) is 0.292. The van der Waals surface area contributed by atoms with Crippen LogP contribution < -0.4 is 9.64 Å². The minimum absolute atomic E-state index is 0.0456. The van der Waals surface area contributed by atoms with Gasteiger partial charge in [0.25, 0.3) is 0 Å². The molecule has 2 aromatic carbocycles. The minimum atomic E-state index is 0.0456. The zero-order valence-electron chi connectivity index (χ0n) is 18.0. The van der Waals surface area contributed by atoms with Crippen molar-refractivity contribution >= 4 is 32.6 Å². The molecule has 0 aliphatic heterocycles. The Morgan fingerprint density at radius 3 is 2.68 bits per heavy atom. The van der Waals surface area contributed by atoms with E-state index in [2.05, 4.69) is 31.0 Å². The first-order valence-electron chi connectivity index (χ1n) is 10.3. The average molecular weight is 435 g/mol. The van der Waals surface area contributed by atoms with E-state index in [1.54, 1.807) is 31.0 Å². The van der Waals surface area contributed by atoms with Crippen LogP contribution in [0.1, 0.15) is 23.1 Å². The fourth-order valence-corrected chi connectivity index (χ4v) is 4.57. The number of rotatable bonds is 8. The Morgan fingerprint density at radius 1 is 1.16 bits per heavy atom. The van der Waals surface area contributed by atoms with Gasteiger partial charge in [0.2, 0.25) is 5.91 Å². The normalized spacial score (nSPS) is 11.1. The SMILES string of the molecule is COc1ccc(CC(=O)N(CCCn2ccnc2)c2nc3c(C)c(C)ccc3s2)cc1. The Bertz CT molecular complexity index is 1170. The summed E-state index contributed by atoms with van der Waals surface area (Å²) >= 11 is 1.58. The number of aromatic nitrogens is 3. The van der Waals surface area contributed by atoms with E-state index >= 15 is 0 Å². The zero-order chi connectivity index (χ0) is 21.8. The van der Waals surface area contributed by atoms with Gasteiger partial charge in [-0.2, -0.15) is 0 Å². The van der Waals surface area contributed by atoms with Crippen LogP contribution in [0.15, 0.2) is 55.1 Å². The monoisotopic (exact) mass is 434 g/mol. The van der Waals surface area contributed by atoms with E-state index in [4.69, 9.17) is 9.72 Å². The molecule has 0 N–H and O–H groups in total. The van der Waals surface area contributed by atoms with Crippen molar-refractivity contribution in [3.8, 4) is 5.75 Å². The summed E-state index contributed by atoms with van der Waals surface area (Å²) in [5.74, 6) is 0.828. The number of methoxy groups -OCH3 is 1. The number of imidazole rings is 1. The number of benzene rings is 2. The second kappa shape index (κ2) is 9.31. The minimum Gasteiger partial charge on any atom is -0.497 e. The molecule has 31 heavy (non-hydrogen) atoms. The molecule has 0 spiro atoms. The summed E-state index contributed by atoms with van der Waals surface area (Å²) in [7, 11) is 1.64. The van der Waals surface area contributed by atoms with Gasteiger partial charge >= 0.3 is 0 Å². The van der Waals surface area contributed by atoms with Crippen molar-refractivity contribution in [3.05, 3.63) is 71.8 Å². The number of carbonyl (C=O) groups is 1. The molecule has 0 atom stereocenters. The van der Waals surface area contributed by atoms with Crippen LogP contribution in [-0.4, -0.2) is 34.1 Å². The van der Waals surface area contributed by atoms with Gasteiger partial charge in [0.15, 0.2) is 5.13 Å². The van der Waals surface area contributed by atoms with E-state index in [0.29, 0.717) is 13.0 Å². The van der Waals surface area contributed by atoms with Gasteiger partial charge < -0.3 is 9.30 Å². The summed E-state index contributed by atoms with van der Waals surface area (Å²) in [6.07, 6.45) is 6.65. The maximum Gasteiger partial charge on any atom is 0.233 e. The van der Waals surface area contributed by atoms with Crippen LogP contribution in [-0.2, 0) is 17.8 Å². The molecule has 0 radical (unpaired) electrons. The third-order valence-corrected chi connectivity index (χ3v) is 6.52. The molecule has 6 nitrogen and oxygen atoms in total. The molecule has 4 rings (SSSR count). The molecular weight excluding hydrogens is 408 g/mol. The van der Waals surface area contributed by atoms with Crippen molar-refractivity contribution in [3.63, 3.8) is 0 Å². The molecule has 0 saturated heterocycles. The summed E-state index contributed by atoms with van der Waals surface area (Å²) in [6.45, 7) is 5.58. The van der Waals surface area contributed by atoms with Crippen LogP contribution in [0.25, 0.3) is 10.2 Å². The predicted octanol–water partition coefficient (Wildman–Crippen LogP) is 4.78. The largest absolute Gasteiger partial charge is 0.497 e. The van der Waals surface area contributed by atoms with Crippen LogP contribution in [0.3, 0.4) is 0 Å². The van der Waals surface area contributed by atoms with E-state index in [-0.39, 0.29) is 5.91 Å². The summed E-state index contributed by atoms with van der Waals surface area (Å²) in [5.41, 5.74) is 4.32. The molecule has 0 aliphatic rings. The highest BCUT2D eigenvalue weighted by atomic mass is 32.1. The number of ether oxygens (including phenoxy) is 1. The average Bonchev–Trinajstić information content (AvgIpc) is 3.44. The van der Waals surface area contributed by atoms with Crippen molar-refractivity contribution in [2.24, 2.45) is 0 Å². The van der Waals surface area contributed by atoms with Gasteiger partial charge in [-0.05, 0) is 55.2 Å². The van der Waals surface area contributed by atoms with E-state index < -0.39 is 0 Å². The van der Waals surface area contributed by atoms with Gasteiger partial charge in [0, 0.05) is 25.5 Å². The molecule has 7 heteroatoms. The Balaban J connectivity index is 1.58. The molecule has 1 amide bonds. The van der Waals surface area contributed by atoms with Gasteiger partial charge in [-0.1, -0.05) is 29.5 Å². The van der Waals surface area contributed by atoms with Crippen molar-refractivity contribution in [1.82, 2.24) is 14.5 Å². The molecule has 0 aliphatic carbocycles. The smallest absolute Gasteiger partial charge is 0.233 e. The molecule has 0 saturated carbocycles. The number of aryl methyl sites for hydroxylation is 3. The maximum absolute atomic E-state index is 13.3. The van der Waals surface area contributed by atoms with Gasteiger partial charge in [0.05, 0.1) is 30.1 Å². The topological polar surface area (TPSA) is 60.2 Å². The first kappa shape index (κ1) is 21.1. The molecule has 2 heterocycles. The van der Waals surface area contributed by atoms with Crippen LogP contribution in [0.2, 0.25) is 0 Å². The number of anilines is 1. The number of carbonyl (C=O) groups excluding carboxylic acids is 1. The standard InChI is InChI=1S/C24H26N4O2S/c1-17-5-10-21-23(18(17)2)26-24(31-21)28(13-4-12-27-14-11-25-16-27)22(29)15-19-6-8-20(30-3)9-7-19/h5-11,14,16H,4,12-13,15H2,1-3H3. The number of hydrogen-bond donors (Lipinski definition) is 0. The van der Waals surface area contributed by atoms with E-state index in [1.807, 2.05) is 39.9 Å². The summed E-state index contributed by atoms with van der Waals surface area (Å²) in [4.78, 5) is 24.1. The summed E-state index contributed by atoms with van der Waals surface area (Å²) in [6, 6.07) is 11.9. The Hall–Kier alpha value is -3.19. The molecule has 0 unspecified atom stereocenters. The molecule has 4 aromatic rings. The lowest BCUT2D eigenvalue weighted by Crippen LogP contribution is -2.33. The van der Waals surface area contributed by atoms with E-state index in [9.17, 15) is 4.79 Å². The van der Waals surface area contributed by atoms with E-state index in [0.717, 1.165) is 39.6 Å². The number of amides is 1. The van der Waals surface area contributed by atoms with Gasteiger partial charge in [-0.3, -0.25) is 9.69 Å². The first-order chi connectivity index (χ1) is 15.0. The molecular formula is C24H26N4O2S. The highest BCUT2D eigenvalue weighted by Gasteiger charge is 2.21. The molecule has 0 fully saturated rings. The van der Waals surface area contributed by atoms with Gasteiger partial charge in [0.1, 0.15) is 5.75 Å². The number of fused-ring (bicyclic) bond motifs is 1. The third-order valence-electron chi connectivity index (χ3n) is 5.48. The highest BCUT2D eigenvalue weighted by molar-refractivity contribution is 7.22. The van der Waals surface area contributed by atoms with E-state index in [1.165, 1.54) is 11.1 Å². The van der Waals surface area contributed by atoms with Crippen LogP contribution in [0.4, 0.5) is 5.13 Å². The van der Waals surface area contributed by atoms with Crippen molar-refractivity contribution in [2.75, 3.05) is 18.6 Å². The second-order valence-electron chi connectivity index (χ2n) is 7.57. The lowest BCUT2D eigenvalue weighted by molar-refractivity contribution is -0.118. The fourth-order valence-electron chi connectivity index (χ4n) is 3.50. The Kier molecular flexibility index (Phi) is 6.32. The van der Waals surface area contributed by atoms with Crippen LogP contribution >= 0.6 is 11.3 Å². The Labute approximate surface area is 186 Å². The molecule has 160 valence electrons. The third kappa shape index (κ3) is 4.77.